The van der Waals surface area contributed by atoms with E-state index < -0.39 is 5.92 Å². The van der Waals surface area contributed by atoms with Crippen LogP contribution in [-0.2, 0) is 4.79 Å². The quantitative estimate of drug-likeness (QED) is 0.603. The van der Waals surface area contributed by atoms with E-state index in [2.05, 4.69) is 6.58 Å². The summed E-state index contributed by atoms with van der Waals surface area (Å²) in [6, 6.07) is -0.183. The highest BCUT2D eigenvalue weighted by Gasteiger charge is 2.47. The summed E-state index contributed by atoms with van der Waals surface area (Å²) < 4.78 is 26.2. The van der Waals surface area contributed by atoms with Crippen molar-refractivity contribution in [2.24, 2.45) is 0 Å². The van der Waals surface area contributed by atoms with E-state index in [9.17, 15) is 13.6 Å². The molecule has 84 valence electrons. The summed E-state index contributed by atoms with van der Waals surface area (Å²) in [5.74, 6) is -2.75. The molecule has 0 aromatic heterocycles. The maximum atomic E-state index is 13.1. The highest BCUT2D eigenvalue weighted by atomic mass is 19.3. The summed E-state index contributed by atoms with van der Waals surface area (Å²) in [4.78, 5) is 14.7. The lowest BCUT2D eigenvalue weighted by Gasteiger charge is -2.36. The van der Waals surface area contributed by atoms with Crippen molar-refractivity contribution in [3.05, 3.63) is 12.7 Å². The van der Waals surface area contributed by atoms with E-state index in [1.807, 2.05) is 0 Å². The molecular weight excluding hydrogens is 202 g/mol. The summed E-state index contributed by atoms with van der Waals surface area (Å²) in [5, 5.41) is 0. The van der Waals surface area contributed by atoms with Gasteiger partial charge < -0.3 is 4.90 Å². The number of carbonyl (C=O) groups is 1. The molecule has 0 saturated carbocycles. The van der Waals surface area contributed by atoms with Crippen molar-refractivity contribution in [3.8, 4) is 0 Å². The minimum absolute atomic E-state index is 0.131. The van der Waals surface area contributed by atoms with Gasteiger partial charge in [-0.25, -0.2) is 8.78 Å². The van der Waals surface area contributed by atoms with Crippen molar-refractivity contribution in [1.82, 2.24) is 9.80 Å². The fraction of sp³-hybridized carbons (Fsp3) is 0.700. The zero-order valence-electron chi connectivity index (χ0n) is 8.46. The summed E-state index contributed by atoms with van der Waals surface area (Å²) in [5.41, 5.74) is 0. The van der Waals surface area contributed by atoms with Crippen LogP contribution in [0.3, 0.4) is 0 Å². The molecule has 2 fully saturated rings. The van der Waals surface area contributed by atoms with E-state index >= 15 is 0 Å². The average Bonchev–Trinajstić information content (AvgIpc) is 2.49. The summed E-state index contributed by atoms with van der Waals surface area (Å²) >= 11 is 0. The number of fused-ring (bicyclic) bond motifs is 1. The molecule has 2 heterocycles. The number of amides is 1. The zero-order chi connectivity index (χ0) is 11.1. The minimum Gasteiger partial charge on any atom is -0.336 e. The first-order chi connectivity index (χ1) is 7.02. The molecule has 0 bridgehead atoms. The predicted octanol–water partition coefficient (Wildman–Crippen LogP) is 0.724. The Balaban J connectivity index is 2.01. The Kier molecular flexibility index (Phi) is 2.50. The Labute approximate surface area is 87.3 Å². The first kappa shape index (κ1) is 10.5. The third kappa shape index (κ3) is 2.02. The summed E-state index contributed by atoms with van der Waals surface area (Å²) in [7, 11) is 0. The van der Waals surface area contributed by atoms with Crippen LogP contribution in [0.15, 0.2) is 12.7 Å². The van der Waals surface area contributed by atoms with Gasteiger partial charge in [0.1, 0.15) is 0 Å². The molecule has 0 radical (unpaired) electrons. The second kappa shape index (κ2) is 3.56. The third-order valence-electron chi connectivity index (χ3n) is 3.06. The average molecular weight is 216 g/mol. The smallest absolute Gasteiger partial charge is 0.262 e. The van der Waals surface area contributed by atoms with Gasteiger partial charge in [0, 0.05) is 32.1 Å². The van der Waals surface area contributed by atoms with Crippen LogP contribution in [0.5, 0.6) is 0 Å². The van der Waals surface area contributed by atoms with Gasteiger partial charge in [-0.3, -0.25) is 9.69 Å². The van der Waals surface area contributed by atoms with Gasteiger partial charge in [0.25, 0.3) is 5.92 Å². The Morgan fingerprint density at radius 2 is 2.20 bits per heavy atom. The number of alkyl halides is 2. The number of rotatable bonds is 1. The zero-order valence-corrected chi connectivity index (χ0v) is 8.46. The highest BCUT2D eigenvalue weighted by molar-refractivity contribution is 5.87. The molecule has 0 aliphatic carbocycles. The van der Waals surface area contributed by atoms with E-state index in [0.29, 0.717) is 19.6 Å². The van der Waals surface area contributed by atoms with Crippen LogP contribution in [0.25, 0.3) is 0 Å². The van der Waals surface area contributed by atoms with E-state index in [1.54, 1.807) is 9.80 Å². The van der Waals surface area contributed by atoms with Gasteiger partial charge in [-0.15, -0.1) is 0 Å². The fourth-order valence-corrected chi connectivity index (χ4v) is 2.33. The largest absolute Gasteiger partial charge is 0.336 e. The first-order valence-electron chi connectivity index (χ1n) is 5.05. The molecule has 3 nitrogen and oxygen atoms in total. The summed E-state index contributed by atoms with van der Waals surface area (Å²) in [6.07, 6.45) is 1.11. The third-order valence-corrected chi connectivity index (χ3v) is 3.06. The van der Waals surface area contributed by atoms with Crippen LogP contribution in [-0.4, -0.2) is 53.9 Å². The van der Waals surface area contributed by atoms with Crippen molar-refractivity contribution in [2.45, 2.75) is 18.4 Å². The maximum Gasteiger partial charge on any atom is 0.262 e. The molecule has 0 aromatic rings. The van der Waals surface area contributed by atoms with Crippen molar-refractivity contribution < 1.29 is 13.6 Å². The van der Waals surface area contributed by atoms with E-state index in [0.717, 1.165) is 0 Å². The van der Waals surface area contributed by atoms with Crippen LogP contribution in [0.2, 0.25) is 0 Å². The van der Waals surface area contributed by atoms with Gasteiger partial charge >= 0.3 is 0 Å². The lowest BCUT2D eigenvalue weighted by molar-refractivity contribution is -0.128. The van der Waals surface area contributed by atoms with Crippen LogP contribution < -0.4 is 0 Å². The normalized spacial score (nSPS) is 30.0. The molecule has 1 amide bonds. The number of nitrogens with zero attached hydrogens (tertiary/aromatic N) is 2. The lowest BCUT2D eigenvalue weighted by Crippen LogP contribution is -2.51. The van der Waals surface area contributed by atoms with Crippen LogP contribution in [0.4, 0.5) is 8.78 Å². The van der Waals surface area contributed by atoms with Crippen molar-refractivity contribution in [2.75, 3.05) is 26.2 Å². The second-order valence-electron chi connectivity index (χ2n) is 4.17. The number of carbonyl (C=O) groups excluding carboxylic acids is 1. The van der Waals surface area contributed by atoms with E-state index in [1.165, 1.54) is 6.08 Å². The molecule has 0 aromatic carbocycles. The molecule has 15 heavy (non-hydrogen) atoms. The molecule has 5 heteroatoms. The molecule has 2 aliphatic heterocycles. The van der Waals surface area contributed by atoms with Crippen LogP contribution in [0, 0.1) is 0 Å². The first-order valence-corrected chi connectivity index (χ1v) is 5.05. The van der Waals surface area contributed by atoms with Crippen LogP contribution in [0.1, 0.15) is 6.42 Å². The van der Waals surface area contributed by atoms with Crippen molar-refractivity contribution in [1.29, 1.82) is 0 Å². The van der Waals surface area contributed by atoms with Crippen molar-refractivity contribution in [3.63, 3.8) is 0 Å². The van der Waals surface area contributed by atoms with E-state index in [-0.39, 0.29) is 24.9 Å². The molecule has 0 unspecified atom stereocenters. The number of hydrogen-bond donors (Lipinski definition) is 0. The minimum atomic E-state index is -2.59. The number of hydrogen-bond acceptors (Lipinski definition) is 2. The Morgan fingerprint density at radius 1 is 1.47 bits per heavy atom. The molecule has 2 aliphatic rings. The molecule has 1 atom stereocenters. The van der Waals surface area contributed by atoms with Crippen molar-refractivity contribution >= 4 is 5.91 Å². The molecule has 2 saturated heterocycles. The van der Waals surface area contributed by atoms with Gasteiger partial charge in [-0.1, -0.05) is 6.58 Å². The Bertz CT molecular complexity index is 293. The number of piperazine rings is 1. The Morgan fingerprint density at radius 3 is 2.87 bits per heavy atom. The molecular formula is C10H14F2N2O. The van der Waals surface area contributed by atoms with Crippen LogP contribution >= 0.6 is 0 Å². The van der Waals surface area contributed by atoms with Gasteiger partial charge in [0.05, 0.1) is 6.54 Å². The monoisotopic (exact) mass is 216 g/mol. The van der Waals surface area contributed by atoms with Gasteiger partial charge in [0.15, 0.2) is 0 Å². The van der Waals surface area contributed by atoms with E-state index in [4.69, 9.17) is 0 Å². The Hall–Kier alpha value is -0.970. The molecule has 0 N–H and O–H groups in total. The second-order valence-corrected chi connectivity index (χ2v) is 4.17. The van der Waals surface area contributed by atoms with Gasteiger partial charge in [0.2, 0.25) is 5.91 Å². The maximum absolute atomic E-state index is 13.1. The SMILES string of the molecule is C=CC(=O)N1CCN2CC(F)(F)C[C@H]2C1. The topological polar surface area (TPSA) is 23.6 Å². The number of halogens is 2. The van der Waals surface area contributed by atoms with Gasteiger partial charge in [-0.2, -0.15) is 0 Å². The fourth-order valence-electron chi connectivity index (χ4n) is 2.33. The standard InChI is InChI=1S/C10H14F2N2O/c1-2-9(15)13-3-4-14-7-10(11,12)5-8(14)6-13/h2,8H,1,3-7H2/t8-/m0/s1. The molecule has 2 rings (SSSR count). The predicted molar refractivity (Wildman–Crippen MR) is 51.7 cm³/mol. The summed E-state index contributed by atoms with van der Waals surface area (Å²) in [6.45, 7) is 4.71. The highest BCUT2D eigenvalue weighted by Crippen LogP contribution is 2.33. The van der Waals surface area contributed by atoms with Gasteiger partial charge in [-0.05, 0) is 6.08 Å². The lowest BCUT2D eigenvalue weighted by atomic mass is 10.1. The molecule has 0 spiro atoms.